The van der Waals surface area contributed by atoms with E-state index in [1.807, 2.05) is 0 Å². The quantitative estimate of drug-likeness (QED) is 0.495. The van der Waals surface area contributed by atoms with Gasteiger partial charge >= 0.3 is 17.8 Å². The Hall–Kier alpha value is -0.750. The van der Waals surface area contributed by atoms with Crippen LogP contribution in [-0.4, -0.2) is 24.4 Å². The van der Waals surface area contributed by atoms with Gasteiger partial charge in [-0.05, 0) is 0 Å². The largest absolute Gasteiger partial charge is 0.374 e. The van der Waals surface area contributed by atoms with Gasteiger partial charge in [0, 0.05) is 6.42 Å². The second-order valence-corrected chi connectivity index (χ2v) is 2.61. The van der Waals surface area contributed by atoms with Crippen molar-refractivity contribution >= 4 is 0 Å². The normalized spacial score (nSPS) is 14.2. The van der Waals surface area contributed by atoms with Crippen LogP contribution >= 0.6 is 0 Å². The monoisotopic (exact) mass is 224 g/mol. The standard InChI is InChI=1S/C7H7F7/c1-2-3-5(9,10)7(13,14)6(11,12)4-8/h2H,1,3-4H2. The van der Waals surface area contributed by atoms with Crippen LogP contribution in [-0.2, 0) is 0 Å². The highest BCUT2D eigenvalue weighted by atomic mass is 19.3. The second-order valence-electron chi connectivity index (χ2n) is 2.61. The van der Waals surface area contributed by atoms with Crippen molar-refractivity contribution in [3.63, 3.8) is 0 Å². The number of hydrogen-bond donors (Lipinski definition) is 0. The van der Waals surface area contributed by atoms with E-state index in [1.165, 1.54) is 0 Å². The van der Waals surface area contributed by atoms with Gasteiger partial charge in [-0.1, -0.05) is 6.08 Å². The molecule has 0 N–H and O–H groups in total. The Kier molecular flexibility index (Phi) is 3.58. The van der Waals surface area contributed by atoms with Crippen molar-refractivity contribution in [1.29, 1.82) is 0 Å². The molecule has 0 heterocycles. The molecule has 0 atom stereocenters. The topological polar surface area (TPSA) is 0 Å². The first-order chi connectivity index (χ1) is 6.12. The van der Waals surface area contributed by atoms with Gasteiger partial charge in [0.2, 0.25) is 0 Å². The van der Waals surface area contributed by atoms with E-state index in [0.29, 0.717) is 6.08 Å². The summed E-state index contributed by atoms with van der Waals surface area (Å²) in [7, 11) is 0. The average molecular weight is 224 g/mol. The molecule has 0 aliphatic carbocycles. The molecule has 0 radical (unpaired) electrons. The summed E-state index contributed by atoms with van der Waals surface area (Å²) >= 11 is 0. The van der Waals surface area contributed by atoms with Gasteiger partial charge in [-0.3, -0.25) is 0 Å². The van der Waals surface area contributed by atoms with E-state index in [4.69, 9.17) is 0 Å². The zero-order chi connectivity index (χ0) is 11.6. The summed E-state index contributed by atoms with van der Waals surface area (Å²) in [4.78, 5) is 0. The molecule has 0 aromatic heterocycles. The minimum Gasteiger partial charge on any atom is -0.244 e. The van der Waals surface area contributed by atoms with Crippen LogP contribution < -0.4 is 0 Å². The molecule has 7 heteroatoms. The Bertz CT molecular complexity index is 208. The lowest BCUT2D eigenvalue weighted by atomic mass is 10.0. The van der Waals surface area contributed by atoms with Crippen LogP contribution in [0.15, 0.2) is 12.7 Å². The van der Waals surface area contributed by atoms with E-state index >= 15 is 0 Å². The molecule has 0 aromatic carbocycles. The highest BCUT2D eigenvalue weighted by Gasteiger charge is 2.70. The molecule has 0 saturated heterocycles. The summed E-state index contributed by atoms with van der Waals surface area (Å²) in [6, 6.07) is 0. The minimum absolute atomic E-state index is 0.363. The van der Waals surface area contributed by atoms with Crippen molar-refractivity contribution in [2.45, 2.75) is 24.2 Å². The lowest BCUT2D eigenvalue weighted by molar-refractivity contribution is -0.310. The molecule has 0 spiro atoms. The third-order valence-electron chi connectivity index (χ3n) is 1.49. The highest BCUT2D eigenvalue weighted by Crippen LogP contribution is 2.47. The SMILES string of the molecule is C=CCC(F)(F)C(F)(F)C(F)(F)CF. The maximum Gasteiger partial charge on any atom is 0.374 e. The Balaban J connectivity index is 5.01. The molecule has 14 heavy (non-hydrogen) atoms. The molecule has 0 amide bonds. The van der Waals surface area contributed by atoms with E-state index in [0.717, 1.165) is 0 Å². The van der Waals surface area contributed by atoms with E-state index in [9.17, 15) is 30.7 Å². The molecule has 0 nitrogen and oxygen atoms in total. The van der Waals surface area contributed by atoms with Gasteiger partial charge in [-0.2, -0.15) is 26.3 Å². The van der Waals surface area contributed by atoms with Crippen LogP contribution in [0.3, 0.4) is 0 Å². The van der Waals surface area contributed by atoms with Crippen LogP contribution in [0, 0.1) is 0 Å². The lowest BCUT2D eigenvalue weighted by Crippen LogP contribution is -2.55. The summed E-state index contributed by atoms with van der Waals surface area (Å²) in [5.74, 6) is -16.1. The van der Waals surface area contributed by atoms with Gasteiger partial charge in [0.25, 0.3) is 0 Å². The summed E-state index contributed by atoms with van der Waals surface area (Å²) < 4.78 is 85.3. The predicted molar refractivity (Wildman–Crippen MR) is 35.6 cm³/mol. The zero-order valence-corrected chi connectivity index (χ0v) is 6.84. The fourth-order valence-electron chi connectivity index (χ4n) is 0.661. The van der Waals surface area contributed by atoms with Crippen LogP contribution in [0.5, 0.6) is 0 Å². The smallest absolute Gasteiger partial charge is 0.244 e. The van der Waals surface area contributed by atoms with Crippen LogP contribution in [0.25, 0.3) is 0 Å². The molecule has 0 fully saturated rings. The van der Waals surface area contributed by atoms with Crippen LogP contribution in [0.1, 0.15) is 6.42 Å². The number of allylic oxidation sites excluding steroid dienone is 1. The fraction of sp³-hybridized carbons (Fsp3) is 0.714. The maximum atomic E-state index is 12.4. The Morgan fingerprint density at radius 2 is 1.36 bits per heavy atom. The Labute approximate surface area is 75.4 Å². The van der Waals surface area contributed by atoms with Crippen molar-refractivity contribution in [3.05, 3.63) is 12.7 Å². The lowest BCUT2D eigenvalue weighted by Gasteiger charge is -2.30. The van der Waals surface area contributed by atoms with Crippen molar-refractivity contribution in [2.24, 2.45) is 0 Å². The van der Waals surface area contributed by atoms with Gasteiger partial charge in [-0.15, -0.1) is 6.58 Å². The zero-order valence-electron chi connectivity index (χ0n) is 6.84. The molecule has 0 aromatic rings. The molecule has 0 saturated carbocycles. The fourth-order valence-corrected chi connectivity index (χ4v) is 0.661. The van der Waals surface area contributed by atoms with E-state index in [-0.39, 0.29) is 0 Å². The molecule has 84 valence electrons. The summed E-state index contributed by atoms with van der Waals surface area (Å²) in [5, 5.41) is 0. The number of alkyl halides is 7. The van der Waals surface area contributed by atoms with E-state index in [1.54, 1.807) is 0 Å². The van der Waals surface area contributed by atoms with Crippen molar-refractivity contribution in [1.82, 2.24) is 0 Å². The van der Waals surface area contributed by atoms with Crippen molar-refractivity contribution in [2.75, 3.05) is 6.67 Å². The molecule has 0 bridgehead atoms. The number of rotatable bonds is 5. The third-order valence-corrected chi connectivity index (χ3v) is 1.49. The predicted octanol–water partition coefficient (Wildman–Crippen LogP) is 3.44. The van der Waals surface area contributed by atoms with E-state index in [2.05, 4.69) is 6.58 Å². The summed E-state index contributed by atoms with van der Waals surface area (Å²) in [6.45, 7) is -0.125. The van der Waals surface area contributed by atoms with Crippen LogP contribution in [0.4, 0.5) is 30.7 Å². The number of halogens is 7. The van der Waals surface area contributed by atoms with Crippen LogP contribution in [0.2, 0.25) is 0 Å². The van der Waals surface area contributed by atoms with Gasteiger partial charge in [-0.25, -0.2) is 4.39 Å². The maximum absolute atomic E-state index is 12.4. The second kappa shape index (κ2) is 3.78. The van der Waals surface area contributed by atoms with Crippen molar-refractivity contribution in [3.8, 4) is 0 Å². The van der Waals surface area contributed by atoms with E-state index < -0.39 is 30.9 Å². The van der Waals surface area contributed by atoms with Crippen molar-refractivity contribution < 1.29 is 30.7 Å². The average Bonchev–Trinajstić information content (AvgIpc) is 2.03. The van der Waals surface area contributed by atoms with Gasteiger partial charge in [0.1, 0.15) is 0 Å². The number of hydrogen-bond acceptors (Lipinski definition) is 0. The minimum atomic E-state index is -5.72. The van der Waals surface area contributed by atoms with Gasteiger partial charge < -0.3 is 0 Å². The molecule has 0 aliphatic heterocycles. The Morgan fingerprint density at radius 1 is 0.929 bits per heavy atom. The van der Waals surface area contributed by atoms with Gasteiger partial charge in [0.05, 0.1) is 0 Å². The molecule has 0 rings (SSSR count). The molecular weight excluding hydrogens is 217 g/mol. The van der Waals surface area contributed by atoms with Gasteiger partial charge in [0.15, 0.2) is 6.67 Å². The molecular formula is C7H7F7. The molecule has 0 unspecified atom stereocenters. The first-order valence-electron chi connectivity index (χ1n) is 3.42. The highest BCUT2D eigenvalue weighted by molar-refractivity contribution is 4.98. The first-order valence-corrected chi connectivity index (χ1v) is 3.42. The first kappa shape index (κ1) is 13.2. The summed E-state index contributed by atoms with van der Waals surface area (Å²) in [5.41, 5.74) is 0. The Morgan fingerprint density at radius 3 is 1.64 bits per heavy atom. The molecule has 0 aliphatic rings. The summed E-state index contributed by atoms with van der Waals surface area (Å²) in [6.07, 6.45) is -1.28. The third kappa shape index (κ3) is 2.01.